The van der Waals surface area contributed by atoms with E-state index in [1.54, 1.807) is 13.0 Å². The van der Waals surface area contributed by atoms with Crippen LogP contribution >= 0.6 is 0 Å². The molecule has 1 aromatic carbocycles. The van der Waals surface area contributed by atoms with E-state index in [1.165, 1.54) is 42.7 Å². The number of esters is 1. The number of allylic oxidation sites excluding steroid dienone is 2. The lowest BCUT2D eigenvalue weighted by molar-refractivity contribution is -0.154. The van der Waals surface area contributed by atoms with Crippen LogP contribution in [0.4, 0.5) is 4.39 Å². The first kappa shape index (κ1) is 38.2. The van der Waals surface area contributed by atoms with Crippen molar-refractivity contribution in [2.45, 2.75) is 95.6 Å². The van der Waals surface area contributed by atoms with Crippen molar-refractivity contribution < 1.29 is 47.8 Å². The van der Waals surface area contributed by atoms with Crippen LogP contribution in [0.15, 0.2) is 59.2 Å². The maximum atomic E-state index is 14.0. The zero-order chi connectivity index (χ0) is 36.3. The number of hydrogen-bond acceptors (Lipinski definition) is 9. The van der Waals surface area contributed by atoms with Crippen LogP contribution in [-0.2, 0) is 28.7 Å². The third-order valence-electron chi connectivity index (χ3n) is 9.35. The quantitative estimate of drug-likeness (QED) is 0.100. The summed E-state index contributed by atoms with van der Waals surface area (Å²) in [5.74, 6) is -4.22. The average molecular weight is 696 g/mol. The number of piperidine rings is 1. The highest BCUT2D eigenvalue weighted by Gasteiger charge is 2.61. The number of benzene rings is 1. The molecule has 0 spiro atoms. The van der Waals surface area contributed by atoms with Crippen LogP contribution < -0.4 is 0 Å². The summed E-state index contributed by atoms with van der Waals surface area (Å²) < 4.78 is 24.6. The number of rotatable bonds is 15. The minimum Gasteiger partial charge on any atom is -0.478 e. The largest absolute Gasteiger partial charge is 0.478 e. The lowest BCUT2D eigenvalue weighted by Crippen LogP contribution is -2.58. The van der Waals surface area contributed by atoms with Gasteiger partial charge in [0.2, 0.25) is 5.91 Å². The molecule has 2 amide bonds. The Balaban J connectivity index is 0.000000627. The molecule has 50 heavy (non-hydrogen) atoms. The Morgan fingerprint density at radius 3 is 2.36 bits per heavy atom. The SMILES string of the molecule is CCCCCCCCCC(=O)OC(C)CN1C(=O)C2C=CC=CC2(N2CCC(c3noc4cc(F)ccc34)CC2)C1=O.O=C(O)C=CC(=O)O. The highest BCUT2D eigenvalue weighted by molar-refractivity contribution is 6.12. The first-order valence-electron chi connectivity index (χ1n) is 17.3. The molecule has 2 aromatic rings. The van der Waals surface area contributed by atoms with Gasteiger partial charge in [-0.25, -0.2) is 14.0 Å². The number of carbonyl (C=O) groups excluding carboxylic acids is 3. The second-order valence-electron chi connectivity index (χ2n) is 13.0. The van der Waals surface area contributed by atoms with Crippen LogP contribution in [0, 0.1) is 11.7 Å². The number of aliphatic carboxylic acids is 2. The van der Waals surface area contributed by atoms with Crippen molar-refractivity contribution in [1.82, 2.24) is 15.0 Å². The molecule has 2 aliphatic heterocycles. The van der Waals surface area contributed by atoms with Gasteiger partial charge in [-0.3, -0.25) is 24.2 Å². The van der Waals surface area contributed by atoms with Crippen LogP contribution in [0.5, 0.6) is 0 Å². The van der Waals surface area contributed by atoms with E-state index in [2.05, 4.69) is 17.0 Å². The summed E-state index contributed by atoms with van der Waals surface area (Å²) in [6.07, 6.45) is 17.4. The van der Waals surface area contributed by atoms with Crippen LogP contribution in [0.3, 0.4) is 0 Å². The number of halogens is 1. The van der Waals surface area contributed by atoms with Gasteiger partial charge in [-0.2, -0.15) is 0 Å². The summed E-state index contributed by atoms with van der Waals surface area (Å²) in [6, 6.07) is 4.45. The van der Waals surface area contributed by atoms with E-state index >= 15 is 0 Å². The second-order valence-corrected chi connectivity index (χ2v) is 13.0. The minimum absolute atomic E-state index is 0.0400. The molecule has 0 radical (unpaired) electrons. The fourth-order valence-electron chi connectivity index (χ4n) is 6.89. The number of carboxylic acid groups (broad SMARTS) is 2. The van der Waals surface area contributed by atoms with Gasteiger partial charge >= 0.3 is 17.9 Å². The minimum atomic E-state index is -1.26. The van der Waals surface area contributed by atoms with E-state index in [1.807, 2.05) is 24.3 Å². The summed E-state index contributed by atoms with van der Waals surface area (Å²) in [4.78, 5) is 62.5. The zero-order valence-electron chi connectivity index (χ0n) is 28.6. The number of nitrogens with zero attached hydrogens (tertiary/aromatic N) is 3. The number of fused-ring (bicyclic) bond motifs is 2. The number of carboxylic acids is 2. The number of amides is 2. The van der Waals surface area contributed by atoms with Crippen LogP contribution in [0.1, 0.15) is 89.7 Å². The maximum absolute atomic E-state index is 14.0. The van der Waals surface area contributed by atoms with E-state index < -0.39 is 29.5 Å². The number of unbranched alkanes of at least 4 members (excludes halogenated alkanes) is 6. The fourth-order valence-corrected chi connectivity index (χ4v) is 6.89. The van der Waals surface area contributed by atoms with E-state index in [-0.39, 0.29) is 36.1 Å². The highest BCUT2D eigenvalue weighted by Crippen LogP contribution is 2.43. The third-order valence-corrected chi connectivity index (χ3v) is 9.35. The van der Waals surface area contributed by atoms with E-state index in [4.69, 9.17) is 19.5 Å². The Morgan fingerprint density at radius 2 is 1.70 bits per heavy atom. The molecule has 3 unspecified atom stereocenters. The van der Waals surface area contributed by atoms with Crippen LogP contribution in [-0.4, -0.2) is 86.2 Å². The van der Waals surface area contributed by atoms with Gasteiger partial charge in [0, 0.05) is 49.0 Å². The lowest BCUT2D eigenvalue weighted by atomic mass is 9.78. The van der Waals surface area contributed by atoms with Crippen LogP contribution in [0.25, 0.3) is 11.0 Å². The molecule has 1 aromatic heterocycles. The van der Waals surface area contributed by atoms with Gasteiger partial charge in [0.15, 0.2) is 5.58 Å². The molecule has 0 bridgehead atoms. The van der Waals surface area contributed by atoms with E-state index in [0.717, 1.165) is 43.2 Å². The monoisotopic (exact) mass is 695 g/mol. The Kier molecular flexibility index (Phi) is 13.6. The molecule has 13 heteroatoms. The van der Waals surface area contributed by atoms with E-state index in [9.17, 15) is 28.4 Å². The van der Waals surface area contributed by atoms with Gasteiger partial charge in [-0.15, -0.1) is 0 Å². The van der Waals surface area contributed by atoms with Crippen molar-refractivity contribution in [3.63, 3.8) is 0 Å². The molecule has 1 aliphatic carbocycles. The molecule has 270 valence electrons. The molecule has 2 fully saturated rings. The number of hydrogen-bond donors (Lipinski definition) is 2. The smallest absolute Gasteiger partial charge is 0.328 e. The summed E-state index contributed by atoms with van der Waals surface area (Å²) in [5, 5.41) is 20.7. The predicted molar refractivity (Wildman–Crippen MR) is 181 cm³/mol. The number of likely N-dealkylation sites (tertiary alicyclic amines) is 2. The first-order valence-corrected chi connectivity index (χ1v) is 17.3. The Hall–Kier alpha value is -4.65. The molecule has 5 rings (SSSR count). The van der Waals surface area contributed by atoms with E-state index in [0.29, 0.717) is 37.2 Å². The van der Waals surface area contributed by atoms with Crippen molar-refractivity contribution in [1.29, 1.82) is 0 Å². The van der Waals surface area contributed by atoms with Gasteiger partial charge < -0.3 is 19.5 Å². The standard InChI is InChI=1S/C33H42FN3O5.C4H4O4/c1-3-4-5-6-7-8-9-13-29(38)41-23(2)22-37-31(39)27-12-10-11-18-33(27,32(37)40)36-19-16-24(17-20-36)30-26-15-14-25(34)21-28(26)42-35-30;5-3(6)1-2-4(7)8/h10-12,14-15,18,21,23-24,27H,3-9,13,16-17,19-20,22H2,1-2H3;1-2H,(H,5,6)(H,7,8). The van der Waals surface area contributed by atoms with Crippen molar-refractivity contribution in [2.75, 3.05) is 19.6 Å². The van der Waals surface area contributed by atoms with Crippen molar-refractivity contribution in [3.05, 3.63) is 66.2 Å². The summed E-state index contributed by atoms with van der Waals surface area (Å²) >= 11 is 0. The second kappa shape index (κ2) is 17.8. The number of carbonyl (C=O) groups is 5. The molecule has 12 nitrogen and oxygen atoms in total. The van der Waals surface area contributed by atoms with Crippen LogP contribution in [0.2, 0.25) is 0 Å². The molecule has 3 heterocycles. The topological polar surface area (TPSA) is 168 Å². The van der Waals surface area contributed by atoms with Crippen molar-refractivity contribution in [3.8, 4) is 0 Å². The highest BCUT2D eigenvalue weighted by atomic mass is 19.1. The Labute approximate surface area is 290 Å². The normalized spacial score (nSPS) is 21.3. The maximum Gasteiger partial charge on any atom is 0.328 e. The molecule has 2 saturated heterocycles. The summed E-state index contributed by atoms with van der Waals surface area (Å²) in [5.41, 5.74) is 0.143. The zero-order valence-corrected chi connectivity index (χ0v) is 28.6. The predicted octanol–water partition coefficient (Wildman–Crippen LogP) is 5.78. The van der Waals surface area contributed by atoms with Gasteiger partial charge in [-0.1, -0.05) is 74.9 Å². The Morgan fingerprint density at radius 1 is 1.04 bits per heavy atom. The molecular formula is C37H46FN3O9. The molecular weight excluding hydrogens is 649 g/mol. The number of ether oxygens (including phenoxy) is 1. The van der Waals surface area contributed by atoms with Gasteiger partial charge in [0.25, 0.3) is 5.91 Å². The molecule has 3 aliphatic rings. The average Bonchev–Trinajstić information content (AvgIpc) is 3.60. The molecule has 2 N–H and O–H groups in total. The number of aromatic nitrogens is 1. The number of imide groups is 1. The lowest BCUT2D eigenvalue weighted by Gasteiger charge is -2.44. The first-order chi connectivity index (χ1) is 24.0. The fraction of sp³-hybridized carbons (Fsp3) is 0.514. The summed E-state index contributed by atoms with van der Waals surface area (Å²) in [6.45, 7) is 5.15. The third kappa shape index (κ3) is 9.32. The van der Waals surface area contributed by atoms with Gasteiger partial charge in [-0.05, 0) is 38.3 Å². The van der Waals surface area contributed by atoms with Crippen molar-refractivity contribution in [2.24, 2.45) is 5.92 Å². The van der Waals surface area contributed by atoms with Gasteiger partial charge in [0.1, 0.15) is 17.5 Å². The van der Waals surface area contributed by atoms with Gasteiger partial charge in [0.05, 0.1) is 18.2 Å². The molecule has 0 saturated carbocycles. The van der Waals surface area contributed by atoms with Crippen molar-refractivity contribution >= 4 is 40.7 Å². The summed E-state index contributed by atoms with van der Waals surface area (Å²) in [7, 11) is 0. The Bertz CT molecular complexity index is 1610. The molecule has 3 atom stereocenters.